The smallest absolute Gasteiger partial charge is 0.127 e. The molecular weight excluding hydrogens is 362 g/mol. The molecule has 0 fully saturated rings. The van der Waals surface area contributed by atoms with Crippen molar-refractivity contribution in [1.29, 1.82) is 0 Å². The summed E-state index contributed by atoms with van der Waals surface area (Å²) in [7, 11) is 0. The van der Waals surface area contributed by atoms with Crippen molar-refractivity contribution in [3.63, 3.8) is 0 Å². The van der Waals surface area contributed by atoms with E-state index in [4.69, 9.17) is 16.2 Å². The van der Waals surface area contributed by atoms with Crippen molar-refractivity contribution in [2.45, 2.75) is 0 Å². The van der Waals surface area contributed by atoms with Gasteiger partial charge in [-0.25, -0.2) is 0 Å². The summed E-state index contributed by atoms with van der Waals surface area (Å²) in [5, 5.41) is 13.4. The topological polar surface area (TPSA) is 87.6 Å². The first kappa shape index (κ1) is 18.4. The number of rotatable bonds is 5. The van der Waals surface area contributed by atoms with Crippen LogP contribution < -0.4 is 21.3 Å². The van der Waals surface area contributed by atoms with Gasteiger partial charge in [-0.3, -0.25) is 0 Å². The molecular formula is C24H20N3O2-. The third-order valence-electron chi connectivity index (χ3n) is 4.54. The van der Waals surface area contributed by atoms with E-state index in [-0.39, 0.29) is 0 Å². The number of anilines is 4. The van der Waals surface area contributed by atoms with Gasteiger partial charge in [-0.1, -0.05) is 42.5 Å². The van der Waals surface area contributed by atoms with Gasteiger partial charge in [-0.05, 0) is 65.7 Å². The molecule has 0 radical (unpaired) electrons. The molecule has 5 nitrogen and oxygen atoms in total. The van der Waals surface area contributed by atoms with E-state index in [9.17, 15) is 5.21 Å². The fraction of sp³-hybridized carbons (Fsp3) is 0. The van der Waals surface area contributed by atoms with Gasteiger partial charge in [-0.15, -0.1) is 0 Å². The zero-order valence-corrected chi connectivity index (χ0v) is 15.7. The normalized spacial score (nSPS) is 10.5. The highest BCUT2D eigenvalue weighted by Crippen LogP contribution is 2.33. The molecule has 5 heteroatoms. The van der Waals surface area contributed by atoms with Crippen LogP contribution in [0.3, 0.4) is 0 Å². The van der Waals surface area contributed by atoms with Crippen LogP contribution in [-0.2, 0) is 0 Å². The summed E-state index contributed by atoms with van der Waals surface area (Å²) < 4.78 is 5.89. The standard InChI is InChI=1S/C24H20N3O2/c25-19-8-15-23(26)24(16-19)27(28)20-9-13-22(14-10-20)29-21-11-6-18(7-12-21)17-4-2-1-3-5-17/h1-16H,25-26H2/q-1. The van der Waals surface area contributed by atoms with E-state index in [1.54, 1.807) is 42.5 Å². The molecule has 4 N–H and O–H groups in total. The molecule has 0 aromatic heterocycles. The molecule has 4 rings (SSSR count). The van der Waals surface area contributed by atoms with Gasteiger partial charge in [-0.2, -0.15) is 0 Å². The predicted molar refractivity (Wildman–Crippen MR) is 119 cm³/mol. The third-order valence-corrected chi connectivity index (χ3v) is 4.54. The van der Waals surface area contributed by atoms with E-state index in [2.05, 4.69) is 12.1 Å². The SMILES string of the molecule is Nc1ccc(N)c(N([O-])c2ccc(Oc3ccc(-c4ccccc4)cc3)cc2)c1. The van der Waals surface area contributed by atoms with Crippen LogP contribution in [0.1, 0.15) is 0 Å². The van der Waals surface area contributed by atoms with E-state index in [1.165, 1.54) is 0 Å². The van der Waals surface area contributed by atoms with Crippen molar-refractivity contribution in [1.82, 2.24) is 0 Å². The number of nitrogens with two attached hydrogens (primary N) is 2. The van der Waals surface area contributed by atoms with Crippen molar-refractivity contribution >= 4 is 22.7 Å². The second kappa shape index (κ2) is 7.96. The van der Waals surface area contributed by atoms with Gasteiger partial charge in [0, 0.05) is 11.4 Å². The summed E-state index contributed by atoms with van der Waals surface area (Å²) in [6.45, 7) is 0. The minimum atomic E-state index is 0.315. The zero-order chi connectivity index (χ0) is 20.2. The van der Waals surface area contributed by atoms with Crippen LogP contribution in [0, 0.1) is 5.21 Å². The van der Waals surface area contributed by atoms with Crippen LogP contribution >= 0.6 is 0 Å². The summed E-state index contributed by atoms with van der Waals surface area (Å²) in [5.41, 5.74) is 15.5. The molecule has 4 aromatic carbocycles. The van der Waals surface area contributed by atoms with Crippen molar-refractivity contribution in [2.24, 2.45) is 0 Å². The van der Waals surface area contributed by atoms with Gasteiger partial charge in [0.05, 0.1) is 11.4 Å². The first-order valence-corrected chi connectivity index (χ1v) is 9.16. The highest BCUT2D eigenvalue weighted by Gasteiger charge is 2.05. The molecule has 0 aliphatic heterocycles. The monoisotopic (exact) mass is 382 g/mol. The number of nitrogen functional groups attached to an aromatic ring is 2. The van der Waals surface area contributed by atoms with E-state index < -0.39 is 0 Å². The molecule has 0 aliphatic carbocycles. The number of hydrogen-bond acceptors (Lipinski definition) is 5. The molecule has 0 unspecified atom stereocenters. The Hall–Kier alpha value is -3.96. The van der Waals surface area contributed by atoms with E-state index in [0.717, 1.165) is 21.9 Å². The van der Waals surface area contributed by atoms with Crippen molar-refractivity contribution < 1.29 is 4.74 Å². The van der Waals surface area contributed by atoms with Gasteiger partial charge >= 0.3 is 0 Å². The van der Waals surface area contributed by atoms with Crippen LogP contribution in [0.2, 0.25) is 0 Å². The minimum absolute atomic E-state index is 0.315. The average Bonchev–Trinajstić information content (AvgIpc) is 2.77. The summed E-state index contributed by atoms with van der Waals surface area (Å²) in [6, 6.07) is 29.7. The molecule has 144 valence electrons. The van der Waals surface area contributed by atoms with Crippen LogP contribution in [0.4, 0.5) is 22.7 Å². The highest BCUT2D eigenvalue weighted by atomic mass is 16.5. The van der Waals surface area contributed by atoms with Gasteiger partial charge < -0.3 is 26.5 Å². The Labute approximate surface area is 169 Å². The fourth-order valence-corrected chi connectivity index (χ4v) is 3.01. The van der Waals surface area contributed by atoms with Gasteiger partial charge in [0.15, 0.2) is 0 Å². The molecule has 0 bridgehead atoms. The fourth-order valence-electron chi connectivity index (χ4n) is 3.01. The van der Waals surface area contributed by atoms with Gasteiger partial charge in [0.1, 0.15) is 11.5 Å². The largest absolute Gasteiger partial charge is 0.754 e. The van der Waals surface area contributed by atoms with Crippen molar-refractivity contribution in [3.8, 4) is 22.6 Å². The summed E-state index contributed by atoms with van der Waals surface area (Å²) >= 11 is 0. The quantitative estimate of drug-likeness (QED) is 0.329. The first-order chi connectivity index (χ1) is 14.1. The lowest BCUT2D eigenvalue weighted by Crippen LogP contribution is -2.09. The first-order valence-electron chi connectivity index (χ1n) is 9.16. The second-order valence-corrected chi connectivity index (χ2v) is 6.60. The molecule has 0 spiro atoms. The maximum atomic E-state index is 12.6. The molecule has 0 amide bonds. The average molecular weight is 382 g/mol. The Bertz CT molecular complexity index is 1100. The Balaban J connectivity index is 1.47. The zero-order valence-electron chi connectivity index (χ0n) is 15.7. The van der Waals surface area contributed by atoms with Crippen molar-refractivity contribution in [2.75, 3.05) is 16.5 Å². The Morgan fingerprint density at radius 3 is 1.90 bits per heavy atom. The molecule has 29 heavy (non-hydrogen) atoms. The lowest BCUT2D eigenvalue weighted by atomic mass is 10.1. The maximum absolute atomic E-state index is 12.6. The Kier molecular flexibility index (Phi) is 5.05. The number of ether oxygens (including phenoxy) is 1. The predicted octanol–water partition coefficient (Wildman–Crippen LogP) is 5.95. The lowest BCUT2D eigenvalue weighted by Gasteiger charge is -2.32. The molecule has 0 saturated heterocycles. The minimum Gasteiger partial charge on any atom is -0.754 e. The Morgan fingerprint density at radius 2 is 1.24 bits per heavy atom. The number of nitrogens with zero attached hydrogens (tertiary/aromatic N) is 1. The summed E-state index contributed by atoms with van der Waals surface area (Å²) in [6.07, 6.45) is 0. The second-order valence-electron chi connectivity index (χ2n) is 6.60. The molecule has 0 atom stereocenters. The molecule has 0 saturated carbocycles. The Morgan fingerprint density at radius 1 is 0.655 bits per heavy atom. The number of benzene rings is 4. The van der Waals surface area contributed by atoms with Crippen LogP contribution in [0.25, 0.3) is 11.1 Å². The van der Waals surface area contributed by atoms with E-state index >= 15 is 0 Å². The number of hydrogen-bond donors (Lipinski definition) is 2. The van der Waals surface area contributed by atoms with Gasteiger partial charge in [0.25, 0.3) is 0 Å². The third kappa shape index (κ3) is 4.15. The van der Waals surface area contributed by atoms with E-state index in [1.807, 2.05) is 42.5 Å². The maximum Gasteiger partial charge on any atom is 0.127 e. The molecule has 0 aliphatic rings. The summed E-state index contributed by atoms with van der Waals surface area (Å²) in [5.74, 6) is 1.35. The van der Waals surface area contributed by atoms with E-state index in [0.29, 0.717) is 28.5 Å². The molecule has 4 aromatic rings. The lowest BCUT2D eigenvalue weighted by molar-refractivity contribution is 0.483. The van der Waals surface area contributed by atoms with Crippen LogP contribution in [0.5, 0.6) is 11.5 Å². The highest BCUT2D eigenvalue weighted by molar-refractivity contribution is 5.78. The van der Waals surface area contributed by atoms with Crippen LogP contribution in [0.15, 0.2) is 97.1 Å². The van der Waals surface area contributed by atoms with Crippen molar-refractivity contribution in [3.05, 3.63) is 102 Å². The van der Waals surface area contributed by atoms with Gasteiger partial charge in [0.2, 0.25) is 0 Å². The van der Waals surface area contributed by atoms with Crippen LogP contribution in [-0.4, -0.2) is 0 Å². The molecule has 0 heterocycles. The summed E-state index contributed by atoms with van der Waals surface area (Å²) in [4.78, 5) is 0.